The van der Waals surface area contributed by atoms with E-state index in [0.717, 1.165) is 47.3 Å². The van der Waals surface area contributed by atoms with Crippen LogP contribution in [0.25, 0.3) is 0 Å². The van der Waals surface area contributed by atoms with E-state index in [1.807, 2.05) is 62.4 Å². The Hall–Kier alpha value is -3.32. The van der Waals surface area contributed by atoms with E-state index in [2.05, 4.69) is 5.32 Å². The van der Waals surface area contributed by atoms with E-state index in [-0.39, 0.29) is 18.5 Å². The number of rotatable bonds is 7. The fourth-order valence-electron chi connectivity index (χ4n) is 4.61. The molecular formula is C28H32N2O4S. The van der Waals surface area contributed by atoms with Gasteiger partial charge in [-0.3, -0.25) is 9.10 Å². The second kappa shape index (κ2) is 10.1. The molecule has 1 amide bonds. The molecule has 0 heterocycles. The molecule has 1 atom stereocenters. The third-order valence-corrected chi connectivity index (χ3v) is 7.67. The van der Waals surface area contributed by atoms with Crippen LogP contribution >= 0.6 is 0 Å². The highest BCUT2D eigenvalue weighted by Crippen LogP contribution is 2.32. The van der Waals surface area contributed by atoms with E-state index in [1.54, 1.807) is 19.2 Å². The van der Waals surface area contributed by atoms with Gasteiger partial charge in [0.05, 0.1) is 31.6 Å². The summed E-state index contributed by atoms with van der Waals surface area (Å²) >= 11 is 0. The van der Waals surface area contributed by atoms with E-state index >= 15 is 0 Å². The molecular weight excluding hydrogens is 460 g/mol. The summed E-state index contributed by atoms with van der Waals surface area (Å²) in [4.78, 5) is 13.0. The Morgan fingerprint density at radius 3 is 2.49 bits per heavy atom. The Morgan fingerprint density at radius 1 is 1.06 bits per heavy atom. The Kier molecular flexibility index (Phi) is 7.17. The topological polar surface area (TPSA) is 75.7 Å². The fraction of sp³-hybridized carbons (Fsp3) is 0.321. The first-order chi connectivity index (χ1) is 16.7. The maximum absolute atomic E-state index is 13.0. The second-order valence-electron chi connectivity index (χ2n) is 9.24. The molecule has 1 aliphatic carbocycles. The van der Waals surface area contributed by atoms with Gasteiger partial charge in [0, 0.05) is 5.56 Å². The van der Waals surface area contributed by atoms with Gasteiger partial charge >= 0.3 is 0 Å². The van der Waals surface area contributed by atoms with Crippen LogP contribution in [0.1, 0.15) is 57.1 Å². The first-order valence-corrected chi connectivity index (χ1v) is 13.6. The van der Waals surface area contributed by atoms with Crippen LogP contribution in [0.15, 0.2) is 60.7 Å². The number of methoxy groups -OCH3 is 1. The van der Waals surface area contributed by atoms with Gasteiger partial charge in [0.15, 0.2) is 0 Å². The highest BCUT2D eigenvalue weighted by Gasteiger charge is 2.23. The van der Waals surface area contributed by atoms with Gasteiger partial charge in [0.1, 0.15) is 5.75 Å². The molecule has 35 heavy (non-hydrogen) atoms. The summed E-state index contributed by atoms with van der Waals surface area (Å²) in [6, 6.07) is 18.9. The summed E-state index contributed by atoms with van der Waals surface area (Å²) in [6.45, 7) is 4.04. The maximum Gasteiger partial charge on any atom is 0.251 e. The Balaban J connectivity index is 1.50. The van der Waals surface area contributed by atoms with Crippen molar-refractivity contribution < 1.29 is 17.9 Å². The number of ether oxygens (including phenoxy) is 1. The molecule has 0 spiro atoms. The summed E-state index contributed by atoms with van der Waals surface area (Å²) in [5, 5.41) is 3.17. The van der Waals surface area contributed by atoms with Crippen molar-refractivity contribution in [3.05, 3.63) is 94.0 Å². The summed E-state index contributed by atoms with van der Waals surface area (Å²) in [5.74, 6) is 0.690. The first kappa shape index (κ1) is 24.8. The van der Waals surface area contributed by atoms with E-state index in [4.69, 9.17) is 4.74 Å². The van der Waals surface area contributed by atoms with Gasteiger partial charge in [-0.15, -0.1) is 0 Å². The number of nitrogens with zero attached hydrogens (tertiary/aromatic N) is 1. The summed E-state index contributed by atoms with van der Waals surface area (Å²) < 4.78 is 31.9. The van der Waals surface area contributed by atoms with Crippen LogP contribution in [-0.2, 0) is 23.0 Å². The number of carbonyl (C=O) groups is 1. The number of carbonyl (C=O) groups excluding carboxylic acids is 1. The van der Waals surface area contributed by atoms with Gasteiger partial charge in [-0.1, -0.05) is 30.3 Å². The van der Waals surface area contributed by atoms with Crippen molar-refractivity contribution in [2.45, 2.75) is 45.7 Å². The summed E-state index contributed by atoms with van der Waals surface area (Å²) in [5.41, 5.74) is 6.26. The minimum absolute atomic E-state index is 0.0399. The van der Waals surface area contributed by atoms with Crippen molar-refractivity contribution in [1.82, 2.24) is 5.32 Å². The van der Waals surface area contributed by atoms with Crippen LogP contribution in [0.4, 0.5) is 5.69 Å². The number of hydrogen-bond donors (Lipinski definition) is 1. The predicted octanol–water partition coefficient (Wildman–Crippen LogP) is 5.09. The van der Waals surface area contributed by atoms with Crippen LogP contribution in [0.3, 0.4) is 0 Å². The molecule has 1 aliphatic rings. The van der Waals surface area contributed by atoms with Gasteiger partial charge < -0.3 is 10.1 Å². The number of aryl methyl sites for hydroxylation is 3. The fourth-order valence-corrected chi connectivity index (χ4v) is 5.54. The van der Waals surface area contributed by atoms with E-state index < -0.39 is 10.0 Å². The molecule has 0 saturated carbocycles. The number of fused-ring (bicyclic) bond motifs is 1. The SMILES string of the molecule is COc1ccc2c(c1)CCC[C@@H]2NC(=O)c1ccc(CN(c2cc(C)ccc2C)S(C)(=O)=O)cc1. The lowest BCUT2D eigenvalue weighted by molar-refractivity contribution is 0.0932. The Labute approximate surface area is 208 Å². The molecule has 3 aromatic carbocycles. The zero-order chi connectivity index (χ0) is 25.2. The number of anilines is 1. The van der Waals surface area contributed by atoms with Gasteiger partial charge in [-0.25, -0.2) is 8.42 Å². The smallest absolute Gasteiger partial charge is 0.251 e. The molecule has 6 nitrogen and oxygen atoms in total. The lowest BCUT2D eigenvalue weighted by Gasteiger charge is -2.27. The molecule has 1 N–H and O–H groups in total. The first-order valence-electron chi connectivity index (χ1n) is 11.8. The number of sulfonamides is 1. The largest absolute Gasteiger partial charge is 0.497 e. The minimum Gasteiger partial charge on any atom is -0.497 e. The standard InChI is InChI=1S/C28H32N2O4S/c1-19-8-9-20(2)27(16-19)30(35(4,32)33)18-21-10-12-22(13-11-21)28(31)29-26-7-5-6-23-17-24(34-3)14-15-25(23)26/h8-17,26H,5-7,18H2,1-4H3,(H,29,31)/t26-/m0/s1. The van der Waals surface area contributed by atoms with E-state index in [1.165, 1.54) is 16.1 Å². The quantitative estimate of drug-likeness (QED) is 0.499. The third kappa shape index (κ3) is 5.68. The number of hydrogen-bond acceptors (Lipinski definition) is 4. The van der Waals surface area contributed by atoms with Crippen LogP contribution < -0.4 is 14.4 Å². The number of amides is 1. The third-order valence-electron chi connectivity index (χ3n) is 6.55. The minimum atomic E-state index is -3.49. The number of nitrogens with one attached hydrogen (secondary N) is 1. The van der Waals surface area contributed by atoms with Crippen molar-refractivity contribution in [2.75, 3.05) is 17.7 Å². The molecule has 0 saturated heterocycles. The van der Waals surface area contributed by atoms with Crippen molar-refractivity contribution in [2.24, 2.45) is 0 Å². The highest BCUT2D eigenvalue weighted by atomic mass is 32.2. The molecule has 0 radical (unpaired) electrons. The molecule has 184 valence electrons. The highest BCUT2D eigenvalue weighted by molar-refractivity contribution is 7.92. The maximum atomic E-state index is 13.0. The summed E-state index contributed by atoms with van der Waals surface area (Å²) in [7, 11) is -1.83. The van der Waals surface area contributed by atoms with Crippen molar-refractivity contribution in [1.29, 1.82) is 0 Å². The van der Waals surface area contributed by atoms with Crippen molar-refractivity contribution in [3.8, 4) is 5.75 Å². The molecule has 0 unspecified atom stereocenters. The average molecular weight is 493 g/mol. The van der Waals surface area contributed by atoms with Crippen LogP contribution in [0.5, 0.6) is 5.75 Å². The summed E-state index contributed by atoms with van der Waals surface area (Å²) in [6.07, 6.45) is 4.09. The molecule has 0 aromatic heterocycles. The predicted molar refractivity (Wildman–Crippen MR) is 140 cm³/mol. The molecule has 3 aromatic rings. The Morgan fingerprint density at radius 2 is 1.80 bits per heavy atom. The van der Waals surface area contributed by atoms with Gasteiger partial charge in [0.2, 0.25) is 10.0 Å². The normalized spacial score (nSPS) is 15.3. The lowest BCUT2D eigenvalue weighted by atomic mass is 9.87. The van der Waals surface area contributed by atoms with E-state index in [0.29, 0.717) is 11.3 Å². The van der Waals surface area contributed by atoms with Crippen molar-refractivity contribution >= 4 is 21.6 Å². The molecule has 0 aliphatic heterocycles. The van der Waals surface area contributed by atoms with E-state index in [9.17, 15) is 13.2 Å². The zero-order valence-electron chi connectivity index (χ0n) is 20.7. The van der Waals surface area contributed by atoms with Crippen LogP contribution in [0.2, 0.25) is 0 Å². The molecule has 4 rings (SSSR count). The molecule has 0 fully saturated rings. The zero-order valence-corrected chi connectivity index (χ0v) is 21.5. The van der Waals surface area contributed by atoms with Gasteiger partial charge in [-0.05, 0) is 91.3 Å². The lowest BCUT2D eigenvalue weighted by Crippen LogP contribution is -2.31. The second-order valence-corrected chi connectivity index (χ2v) is 11.1. The van der Waals surface area contributed by atoms with Crippen molar-refractivity contribution in [3.63, 3.8) is 0 Å². The number of benzene rings is 3. The van der Waals surface area contributed by atoms with Gasteiger partial charge in [-0.2, -0.15) is 0 Å². The van der Waals surface area contributed by atoms with Gasteiger partial charge in [0.25, 0.3) is 5.91 Å². The Bertz CT molecular complexity index is 1330. The van der Waals surface area contributed by atoms with Crippen LogP contribution in [0, 0.1) is 13.8 Å². The average Bonchev–Trinajstić information content (AvgIpc) is 2.83. The van der Waals surface area contributed by atoms with Crippen LogP contribution in [-0.4, -0.2) is 27.7 Å². The molecule has 0 bridgehead atoms. The molecule has 7 heteroatoms. The monoisotopic (exact) mass is 492 g/mol.